The van der Waals surface area contributed by atoms with Crippen molar-refractivity contribution >= 4 is 0 Å². The van der Waals surface area contributed by atoms with Gasteiger partial charge in [0, 0.05) is 24.4 Å². The number of nitrogens with zero attached hydrogens (tertiary/aromatic N) is 2. The predicted octanol–water partition coefficient (Wildman–Crippen LogP) is 2.94. The summed E-state index contributed by atoms with van der Waals surface area (Å²) < 4.78 is 5.65. The molecule has 0 saturated heterocycles. The van der Waals surface area contributed by atoms with Crippen LogP contribution in [0.3, 0.4) is 0 Å². The molecule has 0 aliphatic carbocycles. The van der Waals surface area contributed by atoms with Gasteiger partial charge in [0.05, 0.1) is 0 Å². The lowest BCUT2D eigenvalue weighted by atomic mass is 10.1. The van der Waals surface area contributed by atoms with Gasteiger partial charge in [0.15, 0.2) is 0 Å². The summed E-state index contributed by atoms with van der Waals surface area (Å²) in [7, 11) is 2.13. The van der Waals surface area contributed by atoms with Crippen LogP contribution < -0.4 is 0 Å². The minimum absolute atomic E-state index is 0.461. The second-order valence-electron chi connectivity index (χ2n) is 4.96. The third-order valence-corrected chi connectivity index (χ3v) is 3.19. The van der Waals surface area contributed by atoms with Gasteiger partial charge in [-0.1, -0.05) is 6.92 Å². The van der Waals surface area contributed by atoms with Crippen LogP contribution in [0.25, 0.3) is 0 Å². The molecule has 18 heavy (non-hydrogen) atoms. The zero-order chi connectivity index (χ0) is 13.0. The van der Waals surface area contributed by atoms with Gasteiger partial charge >= 0.3 is 0 Å². The van der Waals surface area contributed by atoms with E-state index in [9.17, 15) is 0 Å². The van der Waals surface area contributed by atoms with Gasteiger partial charge in [0.25, 0.3) is 0 Å². The summed E-state index contributed by atoms with van der Waals surface area (Å²) in [6.45, 7) is 6.15. The minimum atomic E-state index is 0.461. The summed E-state index contributed by atoms with van der Waals surface area (Å²) in [6, 6.07) is 6.12. The van der Waals surface area contributed by atoms with Crippen molar-refractivity contribution in [2.24, 2.45) is 0 Å². The van der Waals surface area contributed by atoms with Crippen molar-refractivity contribution in [1.29, 1.82) is 0 Å². The van der Waals surface area contributed by atoms with E-state index in [1.807, 2.05) is 19.1 Å². The molecule has 0 aliphatic heterocycles. The zero-order valence-electron chi connectivity index (χ0n) is 11.3. The van der Waals surface area contributed by atoms with E-state index in [4.69, 9.17) is 4.42 Å². The maximum absolute atomic E-state index is 5.65. The van der Waals surface area contributed by atoms with Crippen LogP contribution in [0, 0.1) is 6.92 Å². The van der Waals surface area contributed by atoms with Gasteiger partial charge in [-0.25, -0.2) is 0 Å². The van der Waals surface area contributed by atoms with Crippen molar-refractivity contribution in [3.05, 3.63) is 41.6 Å². The number of aromatic nitrogens is 2. The maximum atomic E-state index is 5.65. The van der Waals surface area contributed by atoms with E-state index in [0.29, 0.717) is 5.92 Å². The van der Waals surface area contributed by atoms with Crippen LogP contribution in [0.2, 0.25) is 0 Å². The summed E-state index contributed by atoms with van der Waals surface area (Å²) in [4.78, 5) is 2.29. The highest BCUT2D eigenvalue weighted by atomic mass is 16.3. The molecule has 0 amide bonds. The molecule has 1 atom stereocenters. The van der Waals surface area contributed by atoms with E-state index in [2.05, 4.69) is 35.1 Å². The molecule has 0 radical (unpaired) electrons. The molecule has 98 valence electrons. The number of H-pyrrole nitrogens is 1. The third-order valence-electron chi connectivity index (χ3n) is 3.19. The molecule has 4 nitrogen and oxygen atoms in total. The van der Waals surface area contributed by atoms with Gasteiger partial charge in [-0.2, -0.15) is 5.10 Å². The van der Waals surface area contributed by atoms with Gasteiger partial charge in [-0.15, -0.1) is 0 Å². The highest BCUT2D eigenvalue weighted by molar-refractivity contribution is 5.09. The van der Waals surface area contributed by atoms with Crippen molar-refractivity contribution in [2.45, 2.75) is 32.7 Å². The Kier molecular flexibility index (Phi) is 4.20. The smallest absolute Gasteiger partial charge is 0.107 e. The molecule has 0 aromatic carbocycles. The standard InChI is InChI=1S/C14H21N3O/c1-11(14-5-4-12(2)18-14)7-9-17(3)10-13-6-8-15-16-13/h4-6,8,11H,7,9-10H2,1-3H3,(H,15,16). The highest BCUT2D eigenvalue weighted by Crippen LogP contribution is 2.21. The van der Waals surface area contributed by atoms with Crippen LogP contribution >= 0.6 is 0 Å². The van der Waals surface area contributed by atoms with E-state index in [1.165, 1.54) is 0 Å². The molecule has 4 heteroatoms. The van der Waals surface area contributed by atoms with Gasteiger partial charge in [-0.3, -0.25) is 5.10 Å². The Morgan fingerprint density at radius 2 is 2.22 bits per heavy atom. The summed E-state index contributed by atoms with van der Waals surface area (Å²) in [5.74, 6) is 2.54. The molecular weight excluding hydrogens is 226 g/mol. The Morgan fingerprint density at radius 3 is 2.83 bits per heavy atom. The van der Waals surface area contributed by atoms with Crippen LogP contribution in [-0.4, -0.2) is 28.7 Å². The fourth-order valence-corrected chi connectivity index (χ4v) is 2.02. The molecule has 2 aromatic heterocycles. The largest absolute Gasteiger partial charge is 0.466 e. The number of furan rings is 1. The average Bonchev–Trinajstić information content (AvgIpc) is 2.97. The van der Waals surface area contributed by atoms with Crippen molar-refractivity contribution in [1.82, 2.24) is 15.1 Å². The Balaban J connectivity index is 1.77. The first-order valence-electron chi connectivity index (χ1n) is 6.38. The summed E-state index contributed by atoms with van der Waals surface area (Å²) in [6.07, 6.45) is 2.88. The molecule has 2 heterocycles. The highest BCUT2D eigenvalue weighted by Gasteiger charge is 2.11. The number of aromatic amines is 1. The summed E-state index contributed by atoms with van der Waals surface area (Å²) >= 11 is 0. The molecule has 0 bridgehead atoms. The lowest BCUT2D eigenvalue weighted by Gasteiger charge is -2.17. The summed E-state index contributed by atoms with van der Waals surface area (Å²) in [5.41, 5.74) is 1.15. The molecule has 0 aliphatic rings. The average molecular weight is 247 g/mol. The summed E-state index contributed by atoms with van der Waals surface area (Å²) in [5, 5.41) is 6.93. The number of aryl methyl sites for hydroxylation is 1. The Hall–Kier alpha value is -1.55. The van der Waals surface area contributed by atoms with Crippen LogP contribution in [0.1, 0.15) is 36.5 Å². The monoisotopic (exact) mass is 247 g/mol. The van der Waals surface area contributed by atoms with Crippen molar-refractivity contribution in [3.63, 3.8) is 0 Å². The molecule has 1 N–H and O–H groups in total. The van der Waals surface area contributed by atoms with E-state index in [-0.39, 0.29) is 0 Å². The number of hydrogen-bond donors (Lipinski definition) is 1. The van der Waals surface area contributed by atoms with E-state index >= 15 is 0 Å². The van der Waals surface area contributed by atoms with Crippen molar-refractivity contribution < 1.29 is 4.42 Å². The van der Waals surface area contributed by atoms with E-state index in [0.717, 1.165) is 36.7 Å². The van der Waals surface area contributed by atoms with Crippen LogP contribution in [0.4, 0.5) is 0 Å². The lowest BCUT2D eigenvalue weighted by molar-refractivity contribution is 0.301. The molecular formula is C14H21N3O. The fraction of sp³-hybridized carbons (Fsp3) is 0.500. The van der Waals surface area contributed by atoms with Crippen LogP contribution in [0.5, 0.6) is 0 Å². The van der Waals surface area contributed by atoms with Crippen molar-refractivity contribution in [2.75, 3.05) is 13.6 Å². The Labute approximate surface area is 108 Å². The van der Waals surface area contributed by atoms with E-state index in [1.54, 1.807) is 6.20 Å². The molecule has 2 rings (SSSR count). The molecule has 2 aromatic rings. The van der Waals surface area contributed by atoms with Crippen molar-refractivity contribution in [3.8, 4) is 0 Å². The Morgan fingerprint density at radius 1 is 1.39 bits per heavy atom. The van der Waals surface area contributed by atoms with Gasteiger partial charge in [0.2, 0.25) is 0 Å². The second kappa shape index (κ2) is 5.87. The second-order valence-corrected chi connectivity index (χ2v) is 4.96. The van der Waals surface area contributed by atoms with Crippen LogP contribution in [-0.2, 0) is 6.54 Å². The molecule has 0 fully saturated rings. The van der Waals surface area contributed by atoms with Crippen LogP contribution in [0.15, 0.2) is 28.8 Å². The first kappa shape index (κ1) is 12.9. The van der Waals surface area contributed by atoms with Gasteiger partial charge < -0.3 is 9.32 Å². The SMILES string of the molecule is Cc1ccc(C(C)CCN(C)Cc2ccn[nH]2)o1. The van der Waals surface area contributed by atoms with Gasteiger partial charge in [0.1, 0.15) is 11.5 Å². The van der Waals surface area contributed by atoms with E-state index < -0.39 is 0 Å². The number of hydrogen-bond acceptors (Lipinski definition) is 3. The lowest BCUT2D eigenvalue weighted by Crippen LogP contribution is -2.20. The zero-order valence-corrected chi connectivity index (χ0v) is 11.3. The molecule has 1 unspecified atom stereocenters. The minimum Gasteiger partial charge on any atom is -0.466 e. The first-order valence-corrected chi connectivity index (χ1v) is 6.38. The number of nitrogens with one attached hydrogen (secondary N) is 1. The fourth-order valence-electron chi connectivity index (χ4n) is 2.02. The molecule has 0 saturated carbocycles. The quantitative estimate of drug-likeness (QED) is 0.853. The first-order chi connectivity index (χ1) is 8.65. The topological polar surface area (TPSA) is 45.1 Å². The predicted molar refractivity (Wildman–Crippen MR) is 71.4 cm³/mol. The maximum Gasteiger partial charge on any atom is 0.107 e. The van der Waals surface area contributed by atoms with Gasteiger partial charge in [-0.05, 0) is 45.1 Å². The Bertz CT molecular complexity index is 461. The normalized spacial score (nSPS) is 13.1. The number of rotatable bonds is 6. The third kappa shape index (κ3) is 3.47. The molecule has 0 spiro atoms.